The van der Waals surface area contributed by atoms with E-state index in [1.807, 2.05) is 0 Å². The van der Waals surface area contributed by atoms with Gasteiger partial charge in [0.25, 0.3) is 0 Å². The zero-order valence-corrected chi connectivity index (χ0v) is 17.3. The number of alkyl halides is 3. The lowest BCUT2D eigenvalue weighted by atomic mass is 9.74. The highest BCUT2D eigenvalue weighted by Gasteiger charge is 2.57. The highest BCUT2D eigenvalue weighted by molar-refractivity contribution is 5.84. The molecule has 1 unspecified atom stereocenters. The summed E-state index contributed by atoms with van der Waals surface area (Å²) in [4.78, 5) is 13.1. The molecule has 1 N–H and O–H groups in total. The molecule has 0 saturated heterocycles. The van der Waals surface area contributed by atoms with Crippen LogP contribution in [0.1, 0.15) is 25.8 Å². The van der Waals surface area contributed by atoms with Gasteiger partial charge in [-0.2, -0.15) is 13.2 Å². The lowest BCUT2D eigenvalue weighted by Crippen LogP contribution is -2.57. The summed E-state index contributed by atoms with van der Waals surface area (Å²) in [5.41, 5.74) is -4.08. The summed E-state index contributed by atoms with van der Waals surface area (Å²) in [5, 5.41) is 10.9. The lowest BCUT2D eigenvalue weighted by Gasteiger charge is -2.42. The molecule has 0 aromatic heterocycles. The van der Waals surface area contributed by atoms with E-state index in [1.165, 1.54) is 39.2 Å². The first-order valence-corrected chi connectivity index (χ1v) is 9.54. The fraction of sp³-hybridized carbons (Fsp3) is 0.409. The second kappa shape index (κ2) is 8.03. The summed E-state index contributed by atoms with van der Waals surface area (Å²) in [6.07, 6.45) is -5.82. The molecule has 0 fully saturated rings. The molecule has 0 saturated carbocycles. The number of carbonyl (C=O) groups is 1. The molecule has 5 nitrogen and oxygen atoms in total. The van der Waals surface area contributed by atoms with Crippen molar-refractivity contribution >= 4 is 11.7 Å². The van der Waals surface area contributed by atoms with Crippen molar-refractivity contribution in [3.05, 3.63) is 53.8 Å². The number of para-hydroxylation sites is 2. The van der Waals surface area contributed by atoms with Crippen molar-refractivity contribution in [2.75, 3.05) is 25.1 Å². The largest absolute Gasteiger partial charge is 0.496 e. The molecule has 1 aliphatic heterocycles. The molecule has 0 bridgehead atoms. The third-order valence-corrected chi connectivity index (χ3v) is 5.35. The molecular formula is C22H23F4NO4. The van der Waals surface area contributed by atoms with Gasteiger partial charge in [0.2, 0.25) is 0 Å². The van der Waals surface area contributed by atoms with Crippen molar-refractivity contribution < 1.29 is 36.9 Å². The Morgan fingerprint density at radius 3 is 2.48 bits per heavy atom. The first-order chi connectivity index (χ1) is 14.4. The molecule has 2 aromatic rings. The first-order valence-electron chi connectivity index (χ1n) is 9.54. The average molecular weight is 441 g/mol. The Labute approximate surface area is 177 Å². The molecule has 0 amide bonds. The van der Waals surface area contributed by atoms with E-state index in [1.54, 1.807) is 12.1 Å². The van der Waals surface area contributed by atoms with Gasteiger partial charge in [0.1, 0.15) is 18.1 Å². The van der Waals surface area contributed by atoms with E-state index < -0.39 is 48.5 Å². The van der Waals surface area contributed by atoms with Crippen LogP contribution in [0, 0.1) is 5.82 Å². The molecule has 0 aliphatic carbocycles. The maximum atomic E-state index is 14.1. The van der Waals surface area contributed by atoms with Gasteiger partial charge in [0.05, 0.1) is 19.3 Å². The second-order valence-corrected chi connectivity index (χ2v) is 8.23. The highest BCUT2D eigenvalue weighted by Crippen LogP contribution is 2.45. The molecule has 0 spiro atoms. The number of halogens is 4. The molecule has 168 valence electrons. The summed E-state index contributed by atoms with van der Waals surface area (Å²) in [5.74, 6) is -1.03. The number of hydrogen-bond acceptors (Lipinski definition) is 5. The van der Waals surface area contributed by atoms with Crippen LogP contribution in [0.5, 0.6) is 11.5 Å². The molecule has 0 radical (unpaired) electrons. The Bertz CT molecular complexity index is 976. The molecule has 1 heterocycles. The number of ether oxygens (including phenoxy) is 2. The van der Waals surface area contributed by atoms with Gasteiger partial charge in [0.15, 0.2) is 11.4 Å². The smallest absolute Gasteiger partial charge is 0.418 e. The van der Waals surface area contributed by atoms with E-state index >= 15 is 0 Å². The third-order valence-electron chi connectivity index (χ3n) is 5.35. The van der Waals surface area contributed by atoms with Crippen molar-refractivity contribution in [2.24, 2.45) is 0 Å². The summed E-state index contributed by atoms with van der Waals surface area (Å²) in [7, 11) is 1.33. The summed E-state index contributed by atoms with van der Waals surface area (Å²) >= 11 is 0. The Balaban J connectivity index is 1.99. The molecule has 1 aliphatic rings. The fourth-order valence-corrected chi connectivity index (χ4v) is 3.94. The summed E-state index contributed by atoms with van der Waals surface area (Å²) in [6, 6.07) is 9.74. The van der Waals surface area contributed by atoms with Crippen LogP contribution in [0.15, 0.2) is 42.5 Å². The Morgan fingerprint density at radius 1 is 1.16 bits per heavy atom. The van der Waals surface area contributed by atoms with Crippen LogP contribution in [-0.2, 0) is 10.2 Å². The van der Waals surface area contributed by atoms with Gasteiger partial charge in [0, 0.05) is 5.56 Å². The number of β-amino-alcohol motifs (C(OH)–C–C–N with tert-alkyl or cyclic N) is 1. The minimum atomic E-state index is -5.03. The van der Waals surface area contributed by atoms with Crippen molar-refractivity contribution in [3.8, 4) is 11.5 Å². The summed E-state index contributed by atoms with van der Waals surface area (Å²) < 4.78 is 66.6. The number of anilines is 1. The number of nitrogens with zero attached hydrogens (tertiary/aromatic N) is 1. The van der Waals surface area contributed by atoms with E-state index in [2.05, 4.69) is 0 Å². The number of aliphatic hydroxyl groups is 1. The maximum Gasteiger partial charge on any atom is 0.418 e. The van der Waals surface area contributed by atoms with Gasteiger partial charge in [-0.1, -0.05) is 26.0 Å². The van der Waals surface area contributed by atoms with Crippen molar-refractivity contribution in [2.45, 2.75) is 37.5 Å². The minimum absolute atomic E-state index is 0.120. The predicted molar refractivity (Wildman–Crippen MR) is 106 cm³/mol. The van der Waals surface area contributed by atoms with Crippen molar-refractivity contribution in [1.29, 1.82) is 0 Å². The van der Waals surface area contributed by atoms with E-state index in [4.69, 9.17) is 9.47 Å². The molecule has 2 aromatic carbocycles. The quantitative estimate of drug-likeness (QED) is 0.413. The Kier molecular flexibility index (Phi) is 5.92. The van der Waals surface area contributed by atoms with E-state index in [9.17, 15) is 27.5 Å². The second-order valence-electron chi connectivity index (χ2n) is 8.23. The topological polar surface area (TPSA) is 59.0 Å². The lowest BCUT2D eigenvalue weighted by molar-refractivity contribution is -0.262. The fourth-order valence-electron chi connectivity index (χ4n) is 3.94. The number of benzene rings is 2. The highest BCUT2D eigenvalue weighted by atomic mass is 19.4. The average Bonchev–Trinajstić information content (AvgIpc) is 2.66. The van der Waals surface area contributed by atoms with Gasteiger partial charge < -0.3 is 19.5 Å². The SMILES string of the molecule is COc1ccc(F)cc1C(C)(C)CC(O)(CN1CC(=O)Oc2ccccc21)C(F)(F)F. The van der Waals surface area contributed by atoms with Crippen molar-refractivity contribution in [3.63, 3.8) is 0 Å². The molecule has 9 heteroatoms. The number of rotatable bonds is 6. The number of hydrogen-bond donors (Lipinski definition) is 1. The van der Waals surface area contributed by atoms with Crippen LogP contribution in [0.4, 0.5) is 23.2 Å². The van der Waals surface area contributed by atoms with Crippen molar-refractivity contribution in [1.82, 2.24) is 0 Å². The monoisotopic (exact) mass is 441 g/mol. The van der Waals surface area contributed by atoms with E-state index in [0.29, 0.717) is 0 Å². The molecule has 3 rings (SSSR count). The number of methoxy groups -OCH3 is 1. The van der Waals surface area contributed by atoms with Crippen LogP contribution in [0.2, 0.25) is 0 Å². The van der Waals surface area contributed by atoms with Crippen LogP contribution in [-0.4, -0.2) is 43.1 Å². The van der Waals surface area contributed by atoms with Gasteiger partial charge >= 0.3 is 12.1 Å². The van der Waals surface area contributed by atoms with Crippen LogP contribution >= 0.6 is 0 Å². The molecular weight excluding hydrogens is 418 g/mol. The van der Waals surface area contributed by atoms with Gasteiger partial charge in [-0.15, -0.1) is 0 Å². The zero-order valence-electron chi connectivity index (χ0n) is 17.3. The number of carbonyl (C=O) groups excluding carboxylic acids is 1. The van der Waals surface area contributed by atoms with Crippen LogP contribution in [0.3, 0.4) is 0 Å². The van der Waals surface area contributed by atoms with Gasteiger partial charge in [-0.05, 0) is 42.2 Å². The normalized spacial score (nSPS) is 16.4. The maximum absolute atomic E-state index is 14.1. The van der Waals surface area contributed by atoms with E-state index in [-0.39, 0.29) is 22.7 Å². The standard InChI is InChI=1S/C22H23F4NO4/c1-20(2,15-10-14(23)8-9-17(15)30-3)12-21(29,22(24,25)26)13-27-11-19(28)31-18-7-5-4-6-16(18)27/h4-10,29H,11-13H2,1-3H3. The Hall–Kier alpha value is -2.81. The first kappa shape index (κ1) is 22.9. The van der Waals surface area contributed by atoms with E-state index in [0.717, 1.165) is 17.0 Å². The molecule has 31 heavy (non-hydrogen) atoms. The zero-order chi connectivity index (χ0) is 23.0. The number of esters is 1. The minimum Gasteiger partial charge on any atom is -0.496 e. The predicted octanol–water partition coefficient (Wildman–Crippen LogP) is 4.22. The molecule has 1 atom stereocenters. The van der Waals surface area contributed by atoms with Gasteiger partial charge in [-0.25, -0.2) is 9.18 Å². The Morgan fingerprint density at radius 2 is 1.84 bits per heavy atom. The summed E-state index contributed by atoms with van der Waals surface area (Å²) in [6.45, 7) is 1.60. The van der Waals surface area contributed by atoms with Crippen LogP contribution in [0.25, 0.3) is 0 Å². The third kappa shape index (κ3) is 4.61. The van der Waals surface area contributed by atoms with Crippen LogP contribution < -0.4 is 14.4 Å². The van der Waals surface area contributed by atoms with Gasteiger partial charge in [-0.3, -0.25) is 0 Å². The number of fused-ring (bicyclic) bond motifs is 1.